The molecule has 0 saturated heterocycles. The monoisotopic (exact) mass is 429 g/mol. The number of aliphatic carboxylic acids is 1. The van der Waals surface area contributed by atoms with Crippen LogP contribution in [0.5, 0.6) is 0 Å². The summed E-state index contributed by atoms with van der Waals surface area (Å²) in [4.78, 5) is 23.1. The number of carbonyl (C=O) groups is 2. The van der Waals surface area contributed by atoms with E-state index in [-0.39, 0.29) is 5.91 Å². The molecule has 1 aromatic heterocycles. The highest BCUT2D eigenvalue weighted by Gasteiger charge is 2.12. The van der Waals surface area contributed by atoms with Gasteiger partial charge in [-0.25, -0.2) is 4.79 Å². The van der Waals surface area contributed by atoms with Gasteiger partial charge in [-0.3, -0.25) is 4.79 Å². The molecular formula is C14H9Br2NO3S. The van der Waals surface area contributed by atoms with E-state index in [1.807, 2.05) is 0 Å². The summed E-state index contributed by atoms with van der Waals surface area (Å²) in [5, 5.41) is 11.3. The maximum absolute atomic E-state index is 12.0. The van der Waals surface area contributed by atoms with Gasteiger partial charge in [0.25, 0.3) is 5.91 Å². The summed E-state index contributed by atoms with van der Waals surface area (Å²) in [7, 11) is 0. The first-order valence-corrected chi connectivity index (χ1v) is 8.13. The molecule has 2 aromatic rings. The Balaban J connectivity index is 2.06. The predicted molar refractivity (Wildman–Crippen MR) is 90.8 cm³/mol. The van der Waals surface area contributed by atoms with E-state index >= 15 is 0 Å². The van der Waals surface area contributed by atoms with Crippen LogP contribution in [0.25, 0.3) is 6.08 Å². The van der Waals surface area contributed by atoms with E-state index < -0.39 is 5.97 Å². The number of hydrogen-bond donors (Lipinski definition) is 2. The fourth-order valence-electron chi connectivity index (χ4n) is 1.50. The number of thiophene rings is 1. The lowest BCUT2D eigenvalue weighted by molar-refractivity contribution is -0.131. The summed E-state index contributed by atoms with van der Waals surface area (Å²) in [5.74, 6) is -1.19. The van der Waals surface area contributed by atoms with E-state index in [9.17, 15) is 9.59 Å². The number of benzene rings is 1. The van der Waals surface area contributed by atoms with Crippen LogP contribution in [-0.4, -0.2) is 17.0 Å². The minimum Gasteiger partial charge on any atom is -0.478 e. The Morgan fingerprint density at radius 1 is 1.19 bits per heavy atom. The summed E-state index contributed by atoms with van der Waals surface area (Å²) < 4.78 is 1.70. The zero-order valence-electron chi connectivity index (χ0n) is 10.5. The summed E-state index contributed by atoms with van der Waals surface area (Å²) in [6.45, 7) is 0. The maximum Gasteiger partial charge on any atom is 0.328 e. The molecule has 0 atom stereocenters. The first kappa shape index (κ1) is 15.9. The van der Waals surface area contributed by atoms with Crippen molar-refractivity contribution in [1.29, 1.82) is 0 Å². The van der Waals surface area contributed by atoms with E-state index in [4.69, 9.17) is 5.11 Å². The minimum atomic E-state index is -0.999. The van der Waals surface area contributed by atoms with E-state index in [2.05, 4.69) is 37.2 Å². The minimum absolute atomic E-state index is 0.194. The number of nitrogens with one attached hydrogen (secondary N) is 1. The number of anilines is 1. The Hall–Kier alpha value is -1.44. The number of carboxylic acid groups (broad SMARTS) is 1. The summed E-state index contributed by atoms with van der Waals surface area (Å²) in [5.41, 5.74) is 1.39. The van der Waals surface area contributed by atoms with Crippen molar-refractivity contribution in [2.75, 3.05) is 5.32 Å². The lowest BCUT2D eigenvalue weighted by atomic mass is 10.2. The van der Waals surface area contributed by atoms with Gasteiger partial charge in [0, 0.05) is 16.2 Å². The van der Waals surface area contributed by atoms with Crippen molar-refractivity contribution in [2.45, 2.75) is 0 Å². The van der Waals surface area contributed by atoms with Crippen LogP contribution in [0.15, 0.2) is 44.7 Å². The lowest BCUT2D eigenvalue weighted by Gasteiger charge is -2.03. The van der Waals surface area contributed by atoms with Gasteiger partial charge >= 0.3 is 5.97 Å². The highest BCUT2D eigenvalue weighted by atomic mass is 79.9. The number of carbonyl (C=O) groups excluding carboxylic acids is 1. The molecule has 2 N–H and O–H groups in total. The lowest BCUT2D eigenvalue weighted by Crippen LogP contribution is -2.09. The van der Waals surface area contributed by atoms with Crippen molar-refractivity contribution < 1.29 is 14.7 Å². The standard InChI is InChI=1S/C14H9Br2NO3S/c15-10-7-11(21-13(10)16)14(20)17-9-4-1-8(2-5-9)3-6-12(18)19/h1-7H,(H,17,20)(H,18,19)/b6-3+. The van der Waals surface area contributed by atoms with Crippen molar-refractivity contribution >= 4 is 66.8 Å². The van der Waals surface area contributed by atoms with Crippen molar-refractivity contribution in [2.24, 2.45) is 0 Å². The quantitative estimate of drug-likeness (QED) is 0.695. The Morgan fingerprint density at radius 2 is 1.86 bits per heavy atom. The molecular weight excluding hydrogens is 422 g/mol. The first-order chi connectivity index (χ1) is 9.95. The van der Waals surface area contributed by atoms with Crippen LogP contribution < -0.4 is 5.32 Å². The molecule has 0 aliphatic rings. The fraction of sp³-hybridized carbons (Fsp3) is 0. The van der Waals surface area contributed by atoms with Crippen LogP contribution in [0.3, 0.4) is 0 Å². The number of rotatable bonds is 4. The van der Waals surface area contributed by atoms with Crippen LogP contribution >= 0.6 is 43.2 Å². The molecule has 0 unspecified atom stereocenters. The molecule has 0 fully saturated rings. The summed E-state index contributed by atoms with van der Waals surface area (Å²) >= 11 is 8.02. The Kier molecular flexibility index (Phi) is 5.33. The van der Waals surface area contributed by atoms with Gasteiger partial charge in [0.05, 0.1) is 8.66 Å². The molecule has 2 rings (SSSR count). The zero-order valence-corrected chi connectivity index (χ0v) is 14.5. The van der Waals surface area contributed by atoms with Gasteiger partial charge in [-0.05, 0) is 61.7 Å². The molecule has 108 valence electrons. The third kappa shape index (κ3) is 4.52. The van der Waals surface area contributed by atoms with Gasteiger partial charge in [-0.1, -0.05) is 12.1 Å². The Morgan fingerprint density at radius 3 is 2.38 bits per heavy atom. The SMILES string of the molecule is O=C(O)/C=C/c1ccc(NC(=O)c2cc(Br)c(Br)s2)cc1. The first-order valence-electron chi connectivity index (χ1n) is 5.73. The van der Waals surface area contributed by atoms with Crippen molar-refractivity contribution in [1.82, 2.24) is 0 Å². The van der Waals surface area contributed by atoms with Gasteiger partial charge in [0.1, 0.15) is 0 Å². The molecule has 0 aliphatic heterocycles. The third-order valence-electron chi connectivity index (χ3n) is 2.46. The van der Waals surface area contributed by atoms with Crippen LogP contribution in [0, 0.1) is 0 Å². The highest BCUT2D eigenvalue weighted by molar-refractivity contribution is 9.13. The maximum atomic E-state index is 12.0. The van der Waals surface area contributed by atoms with Gasteiger partial charge in [0.15, 0.2) is 0 Å². The Labute approximate surface area is 141 Å². The average molecular weight is 431 g/mol. The second kappa shape index (κ2) is 7.02. The molecule has 0 bridgehead atoms. The van der Waals surface area contributed by atoms with Crippen LogP contribution in [0.2, 0.25) is 0 Å². The number of carboxylic acids is 1. The largest absolute Gasteiger partial charge is 0.478 e. The van der Waals surface area contributed by atoms with Crippen LogP contribution in [-0.2, 0) is 4.79 Å². The average Bonchev–Trinajstić information content (AvgIpc) is 2.78. The zero-order chi connectivity index (χ0) is 15.4. The molecule has 1 amide bonds. The molecule has 21 heavy (non-hydrogen) atoms. The van der Waals surface area contributed by atoms with Crippen LogP contribution in [0.1, 0.15) is 15.2 Å². The number of amides is 1. The van der Waals surface area contributed by atoms with Gasteiger partial charge < -0.3 is 10.4 Å². The second-order valence-corrected chi connectivity index (χ2v) is 7.20. The molecule has 0 saturated carbocycles. The molecule has 1 aromatic carbocycles. The number of hydrogen-bond acceptors (Lipinski definition) is 3. The molecule has 4 nitrogen and oxygen atoms in total. The van der Waals surface area contributed by atoms with E-state index in [1.165, 1.54) is 17.4 Å². The molecule has 1 heterocycles. The van der Waals surface area contributed by atoms with E-state index in [0.29, 0.717) is 10.6 Å². The summed E-state index contributed by atoms with van der Waals surface area (Å²) in [6.07, 6.45) is 2.55. The van der Waals surface area contributed by atoms with Gasteiger partial charge in [-0.15, -0.1) is 11.3 Å². The Bertz CT molecular complexity index is 688. The van der Waals surface area contributed by atoms with Crippen molar-refractivity contribution in [3.63, 3.8) is 0 Å². The molecule has 0 spiro atoms. The van der Waals surface area contributed by atoms with Crippen molar-refractivity contribution in [3.05, 3.63) is 55.1 Å². The third-order valence-corrected chi connectivity index (χ3v) is 5.71. The molecule has 0 aliphatic carbocycles. The highest BCUT2D eigenvalue weighted by Crippen LogP contribution is 2.32. The van der Waals surface area contributed by atoms with E-state index in [1.54, 1.807) is 30.3 Å². The van der Waals surface area contributed by atoms with Crippen molar-refractivity contribution in [3.8, 4) is 0 Å². The fourth-order valence-corrected chi connectivity index (χ4v) is 3.43. The molecule has 0 radical (unpaired) electrons. The summed E-state index contributed by atoms with van der Waals surface area (Å²) in [6, 6.07) is 8.65. The van der Waals surface area contributed by atoms with Gasteiger partial charge in [0.2, 0.25) is 0 Å². The number of halogens is 2. The predicted octanol–water partition coefficient (Wildman–Crippen LogP) is 4.62. The molecule has 7 heteroatoms. The topological polar surface area (TPSA) is 66.4 Å². The smallest absolute Gasteiger partial charge is 0.328 e. The van der Waals surface area contributed by atoms with Crippen LogP contribution in [0.4, 0.5) is 5.69 Å². The normalized spacial score (nSPS) is 10.8. The van der Waals surface area contributed by atoms with Gasteiger partial charge in [-0.2, -0.15) is 0 Å². The van der Waals surface area contributed by atoms with E-state index in [0.717, 1.165) is 19.9 Å². The second-order valence-electron chi connectivity index (χ2n) is 3.98.